The number of unbranched alkanes of at least 4 members (excludes halogenated alkanes) is 15. The van der Waals surface area contributed by atoms with E-state index in [1.54, 1.807) is 41.5 Å². The Bertz CT molecular complexity index is 661. The second-order valence-electron chi connectivity index (χ2n) is 13.0. The van der Waals surface area contributed by atoms with Crippen molar-refractivity contribution >= 4 is 13.9 Å². The first kappa shape index (κ1) is 40.3. The van der Waals surface area contributed by atoms with Crippen molar-refractivity contribution in [2.24, 2.45) is 0 Å². The van der Waals surface area contributed by atoms with Gasteiger partial charge in [-0.1, -0.05) is 103 Å². The van der Waals surface area contributed by atoms with Crippen molar-refractivity contribution in [1.29, 1.82) is 0 Å². The number of rotatable bonds is 27. The first-order valence-corrected chi connectivity index (χ1v) is 18.0. The topological polar surface area (TPSA) is 92.3 Å². The lowest BCUT2D eigenvalue weighted by Crippen LogP contribution is -2.34. The fourth-order valence-corrected chi connectivity index (χ4v) is 5.76. The Balaban J connectivity index is 3.73. The molecule has 1 amide bonds. The van der Waals surface area contributed by atoms with Gasteiger partial charge in [0, 0.05) is 19.8 Å². The molecule has 0 aromatic rings. The van der Waals surface area contributed by atoms with Crippen molar-refractivity contribution < 1.29 is 32.4 Å². The van der Waals surface area contributed by atoms with Gasteiger partial charge in [-0.15, -0.1) is 0 Å². The standard InChI is InChI=1S/C32H66NO7P/c1-8-9-10-11-12-13-14-15-16-17-18-19-20-21-22-23-26-36-27-24-28-37-41(35,40-32(5,6)7)38-29-25-33-30(34)39-31(2,3)4/h8-29H2,1-7H3,(H,33,34). The van der Waals surface area contributed by atoms with Crippen LogP contribution in [0.1, 0.15) is 158 Å². The number of carbonyl (C=O) groups excluding carboxylic acids is 1. The summed E-state index contributed by atoms with van der Waals surface area (Å²) in [6, 6.07) is 0. The quantitative estimate of drug-likeness (QED) is 0.0733. The molecule has 0 aromatic carbocycles. The third kappa shape index (κ3) is 30.6. The summed E-state index contributed by atoms with van der Waals surface area (Å²) in [4.78, 5) is 11.8. The third-order valence-corrected chi connectivity index (χ3v) is 8.00. The zero-order valence-corrected chi connectivity index (χ0v) is 28.8. The van der Waals surface area contributed by atoms with Gasteiger partial charge in [0.15, 0.2) is 0 Å². The number of phosphoric acid groups is 1. The van der Waals surface area contributed by atoms with Crippen LogP contribution >= 0.6 is 7.82 Å². The number of amides is 1. The van der Waals surface area contributed by atoms with Crippen LogP contribution in [0.25, 0.3) is 0 Å². The molecule has 1 N–H and O–H groups in total. The first-order chi connectivity index (χ1) is 19.4. The Morgan fingerprint density at radius 2 is 1.02 bits per heavy atom. The summed E-state index contributed by atoms with van der Waals surface area (Å²) in [5.74, 6) is 0. The Labute approximate surface area is 253 Å². The van der Waals surface area contributed by atoms with Crippen molar-refractivity contribution in [2.45, 2.75) is 169 Å². The van der Waals surface area contributed by atoms with Gasteiger partial charge in [0.2, 0.25) is 0 Å². The molecule has 0 heterocycles. The fourth-order valence-electron chi connectivity index (χ4n) is 4.24. The molecule has 0 saturated carbocycles. The van der Waals surface area contributed by atoms with Gasteiger partial charge in [-0.3, -0.25) is 13.6 Å². The van der Waals surface area contributed by atoms with E-state index in [4.69, 9.17) is 23.0 Å². The highest BCUT2D eigenvalue weighted by atomic mass is 31.2. The lowest BCUT2D eigenvalue weighted by Gasteiger charge is -2.26. The summed E-state index contributed by atoms with van der Waals surface area (Å²) in [5, 5.41) is 2.57. The molecule has 0 aliphatic heterocycles. The molecule has 0 saturated heterocycles. The first-order valence-electron chi connectivity index (χ1n) is 16.5. The van der Waals surface area contributed by atoms with E-state index < -0.39 is 25.1 Å². The van der Waals surface area contributed by atoms with Crippen LogP contribution in [0.2, 0.25) is 0 Å². The van der Waals surface area contributed by atoms with Gasteiger partial charge in [-0.05, 0) is 54.4 Å². The Hall–Kier alpha value is -0.660. The van der Waals surface area contributed by atoms with E-state index in [2.05, 4.69) is 12.2 Å². The van der Waals surface area contributed by atoms with Crippen LogP contribution in [-0.4, -0.2) is 50.3 Å². The molecule has 8 nitrogen and oxygen atoms in total. The molecule has 1 unspecified atom stereocenters. The monoisotopic (exact) mass is 607 g/mol. The Kier molecular flexibility index (Phi) is 24.3. The average Bonchev–Trinajstić information content (AvgIpc) is 2.85. The lowest BCUT2D eigenvalue weighted by atomic mass is 10.0. The van der Waals surface area contributed by atoms with Crippen LogP contribution in [0.15, 0.2) is 0 Å². The highest BCUT2D eigenvalue weighted by Crippen LogP contribution is 2.52. The van der Waals surface area contributed by atoms with E-state index in [1.807, 2.05) is 0 Å². The summed E-state index contributed by atoms with van der Waals surface area (Å²) in [6.07, 6.45) is 21.7. The zero-order valence-electron chi connectivity index (χ0n) is 27.9. The maximum atomic E-state index is 13.1. The van der Waals surface area contributed by atoms with E-state index in [-0.39, 0.29) is 19.8 Å². The molecule has 41 heavy (non-hydrogen) atoms. The fraction of sp³-hybridized carbons (Fsp3) is 0.969. The van der Waals surface area contributed by atoms with Gasteiger partial charge < -0.3 is 14.8 Å². The number of hydrogen-bond donors (Lipinski definition) is 1. The van der Waals surface area contributed by atoms with E-state index in [0.717, 1.165) is 13.0 Å². The highest BCUT2D eigenvalue weighted by Gasteiger charge is 2.32. The van der Waals surface area contributed by atoms with Gasteiger partial charge in [0.25, 0.3) is 0 Å². The number of carbonyl (C=O) groups is 1. The van der Waals surface area contributed by atoms with Crippen molar-refractivity contribution in [2.75, 3.05) is 33.0 Å². The molecular weight excluding hydrogens is 541 g/mol. The maximum Gasteiger partial charge on any atom is 0.475 e. The maximum absolute atomic E-state index is 13.1. The van der Waals surface area contributed by atoms with Gasteiger partial charge in [-0.2, -0.15) is 0 Å². The normalized spacial score (nSPS) is 13.7. The SMILES string of the molecule is CCCCCCCCCCCCCCCCCCOCCCOP(=O)(OCCNC(=O)OC(C)(C)C)OC(C)(C)C. The second-order valence-corrected chi connectivity index (χ2v) is 14.6. The molecule has 0 aliphatic carbocycles. The van der Waals surface area contributed by atoms with Gasteiger partial charge in [-0.25, -0.2) is 9.36 Å². The molecular formula is C32H66NO7P. The third-order valence-electron chi connectivity index (χ3n) is 6.23. The van der Waals surface area contributed by atoms with Crippen LogP contribution in [0.5, 0.6) is 0 Å². The summed E-state index contributed by atoms with van der Waals surface area (Å²) < 4.78 is 40.5. The Morgan fingerprint density at radius 1 is 0.585 bits per heavy atom. The minimum atomic E-state index is -3.78. The molecule has 0 fully saturated rings. The van der Waals surface area contributed by atoms with Gasteiger partial charge in [0.1, 0.15) is 5.60 Å². The van der Waals surface area contributed by atoms with Gasteiger partial charge >= 0.3 is 13.9 Å². The largest absolute Gasteiger partial charge is 0.475 e. The minimum absolute atomic E-state index is 0.0254. The molecule has 0 rings (SSSR count). The molecule has 1 atom stereocenters. The highest BCUT2D eigenvalue weighted by molar-refractivity contribution is 7.48. The van der Waals surface area contributed by atoms with Crippen LogP contribution < -0.4 is 5.32 Å². The number of phosphoric ester groups is 1. The Morgan fingerprint density at radius 3 is 1.49 bits per heavy atom. The van der Waals surface area contributed by atoms with Crippen LogP contribution in [0.3, 0.4) is 0 Å². The van der Waals surface area contributed by atoms with Gasteiger partial charge in [0.05, 0.1) is 18.8 Å². The summed E-state index contributed by atoms with van der Waals surface area (Å²) in [7, 11) is -3.78. The number of ether oxygens (including phenoxy) is 2. The molecule has 0 spiro atoms. The van der Waals surface area contributed by atoms with E-state index in [1.165, 1.54) is 96.3 Å². The van der Waals surface area contributed by atoms with Crippen molar-refractivity contribution in [3.05, 3.63) is 0 Å². The smallest absolute Gasteiger partial charge is 0.444 e. The molecule has 0 aliphatic rings. The lowest BCUT2D eigenvalue weighted by molar-refractivity contribution is 0.0347. The van der Waals surface area contributed by atoms with Crippen molar-refractivity contribution in [3.63, 3.8) is 0 Å². The summed E-state index contributed by atoms with van der Waals surface area (Å²) in [6.45, 7) is 14.6. The van der Waals surface area contributed by atoms with E-state index >= 15 is 0 Å². The average molecular weight is 608 g/mol. The molecule has 0 radical (unpaired) electrons. The van der Waals surface area contributed by atoms with E-state index in [9.17, 15) is 9.36 Å². The molecule has 9 heteroatoms. The van der Waals surface area contributed by atoms with E-state index in [0.29, 0.717) is 13.0 Å². The summed E-state index contributed by atoms with van der Waals surface area (Å²) in [5.41, 5.74) is -1.30. The van der Waals surface area contributed by atoms with Crippen LogP contribution in [0.4, 0.5) is 4.79 Å². The zero-order chi connectivity index (χ0) is 30.9. The molecule has 246 valence electrons. The molecule has 0 aromatic heterocycles. The number of nitrogens with one attached hydrogen (secondary N) is 1. The number of hydrogen-bond acceptors (Lipinski definition) is 7. The van der Waals surface area contributed by atoms with Crippen molar-refractivity contribution in [3.8, 4) is 0 Å². The number of alkyl carbamates (subject to hydrolysis) is 1. The predicted octanol–water partition coefficient (Wildman–Crippen LogP) is 10.1. The van der Waals surface area contributed by atoms with Crippen LogP contribution in [-0.2, 0) is 27.6 Å². The minimum Gasteiger partial charge on any atom is -0.444 e. The van der Waals surface area contributed by atoms with Crippen LogP contribution in [0, 0.1) is 0 Å². The second kappa shape index (κ2) is 24.7. The molecule has 0 bridgehead atoms. The van der Waals surface area contributed by atoms with Crippen molar-refractivity contribution in [1.82, 2.24) is 5.32 Å². The summed E-state index contributed by atoms with van der Waals surface area (Å²) >= 11 is 0. The predicted molar refractivity (Wildman–Crippen MR) is 170 cm³/mol.